The summed E-state index contributed by atoms with van der Waals surface area (Å²) in [6, 6.07) is -0.297. The van der Waals surface area contributed by atoms with Gasteiger partial charge in [0.25, 0.3) is 0 Å². The number of carboxylic acids is 1. The molecule has 1 aliphatic rings. The first-order valence-corrected chi connectivity index (χ1v) is 6.17. The molecule has 1 aliphatic heterocycles. The van der Waals surface area contributed by atoms with Crippen molar-refractivity contribution in [3.8, 4) is 0 Å². The smallest absolute Gasteiger partial charge is 0.305 e. The van der Waals surface area contributed by atoms with E-state index in [-0.39, 0.29) is 18.4 Å². The molecule has 1 saturated heterocycles. The van der Waals surface area contributed by atoms with Crippen LogP contribution in [0.15, 0.2) is 0 Å². The largest absolute Gasteiger partial charge is 0.481 e. The highest BCUT2D eigenvalue weighted by Gasteiger charge is 2.16. The molecular formula is C12H21NO4. The lowest BCUT2D eigenvalue weighted by Crippen LogP contribution is -2.34. The van der Waals surface area contributed by atoms with Crippen LogP contribution in [0.2, 0.25) is 0 Å². The van der Waals surface area contributed by atoms with Gasteiger partial charge in [0.1, 0.15) is 0 Å². The Morgan fingerprint density at radius 1 is 1.41 bits per heavy atom. The lowest BCUT2D eigenvalue weighted by atomic mass is 9.95. The summed E-state index contributed by atoms with van der Waals surface area (Å²) in [6.45, 7) is 3.30. The van der Waals surface area contributed by atoms with Crippen molar-refractivity contribution in [2.24, 2.45) is 5.92 Å². The molecule has 1 rings (SSSR count). The van der Waals surface area contributed by atoms with E-state index in [1.807, 2.05) is 0 Å². The number of carbonyl (C=O) groups is 2. The Bertz CT molecular complexity index is 261. The van der Waals surface area contributed by atoms with Crippen LogP contribution in [0.25, 0.3) is 0 Å². The van der Waals surface area contributed by atoms with E-state index in [2.05, 4.69) is 5.32 Å². The molecule has 1 unspecified atom stereocenters. The van der Waals surface area contributed by atoms with Crippen molar-refractivity contribution in [1.29, 1.82) is 0 Å². The van der Waals surface area contributed by atoms with Gasteiger partial charge in [0.05, 0.1) is 6.42 Å². The molecule has 0 bridgehead atoms. The number of carbonyl (C=O) groups excluding carboxylic acids is 1. The summed E-state index contributed by atoms with van der Waals surface area (Å²) in [5, 5.41) is 11.3. The third kappa shape index (κ3) is 6.26. The van der Waals surface area contributed by atoms with Crippen molar-refractivity contribution in [2.45, 2.75) is 45.1 Å². The van der Waals surface area contributed by atoms with Gasteiger partial charge in [-0.1, -0.05) is 0 Å². The summed E-state index contributed by atoms with van der Waals surface area (Å²) in [5.41, 5.74) is 0. The average molecular weight is 243 g/mol. The average Bonchev–Trinajstić information content (AvgIpc) is 2.26. The molecule has 0 aliphatic carbocycles. The van der Waals surface area contributed by atoms with Crippen molar-refractivity contribution in [3.05, 3.63) is 0 Å². The molecule has 0 spiro atoms. The Morgan fingerprint density at radius 3 is 2.65 bits per heavy atom. The summed E-state index contributed by atoms with van der Waals surface area (Å²) in [6.07, 6.45) is 3.38. The van der Waals surface area contributed by atoms with Gasteiger partial charge in [-0.05, 0) is 32.1 Å². The van der Waals surface area contributed by atoms with Crippen LogP contribution in [-0.2, 0) is 14.3 Å². The van der Waals surface area contributed by atoms with Crippen molar-refractivity contribution in [3.63, 3.8) is 0 Å². The minimum Gasteiger partial charge on any atom is -0.481 e. The highest BCUT2D eigenvalue weighted by molar-refractivity contribution is 5.77. The molecule has 17 heavy (non-hydrogen) atoms. The second-order valence-corrected chi connectivity index (χ2v) is 4.66. The summed E-state index contributed by atoms with van der Waals surface area (Å²) in [5.74, 6) is -0.364. The van der Waals surface area contributed by atoms with Crippen molar-refractivity contribution in [2.75, 3.05) is 13.2 Å². The van der Waals surface area contributed by atoms with Crippen LogP contribution in [0, 0.1) is 5.92 Å². The maximum Gasteiger partial charge on any atom is 0.305 e. The number of rotatable bonds is 6. The zero-order valence-electron chi connectivity index (χ0n) is 10.3. The molecular weight excluding hydrogens is 222 g/mol. The molecule has 0 aromatic heterocycles. The maximum atomic E-state index is 11.5. The predicted octanol–water partition coefficient (Wildman–Crippen LogP) is 1.17. The fourth-order valence-corrected chi connectivity index (χ4v) is 2.03. The Hall–Kier alpha value is -1.10. The Balaban J connectivity index is 2.13. The molecule has 2 N–H and O–H groups in total. The third-order valence-corrected chi connectivity index (χ3v) is 3.01. The Morgan fingerprint density at radius 2 is 2.06 bits per heavy atom. The van der Waals surface area contributed by atoms with Gasteiger partial charge in [-0.3, -0.25) is 9.59 Å². The summed E-state index contributed by atoms with van der Waals surface area (Å²) in [4.78, 5) is 22.0. The molecule has 1 amide bonds. The Kier molecular flexibility index (Phi) is 5.97. The van der Waals surface area contributed by atoms with Gasteiger partial charge in [-0.2, -0.15) is 0 Å². The molecule has 98 valence electrons. The number of ether oxygens (including phenoxy) is 1. The van der Waals surface area contributed by atoms with Gasteiger partial charge < -0.3 is 15.2 Å². The molecule has 0 aromatic carbocycles. The van der Waals surface area contributed by atoms with E-state index in [0.29, 0.717) is 12.3 Å². The minimum absolute atomic E-state index is 0.0248. The van der Waals surface area contributed by atoms with Crippen molar-refractivity contribution >= 4 is 11.9 Å². The SMILES string of the molecule is CC(CC(=O)O)NC(=O)CCC1CCOCC1. The van der Waals surface area contributed by atoms with E-state index in [0.717, 1.165) is 32.5 Å². The van der Waals surface area contributed by atoms with Crippen LogP contribution in [0.1, 0.15) is 39.0 Å². The molecule has 1 heterocycles. The number of carboxylic acid groups (broad SMARTS) is 1. The number of hydrogen-bond donors (Lipinski definition) is 2. The number of nitrogens with one attached hydrogen (secondary N) is 1. The zero-order valence-corrected chi connectivity index (χ0v) is 10.3. The van der Waals surface area contributed by atoms with Gasteiger partial charge in [0.2, 0.25) is 5.91 Å². The van der Waals surface area contributed by atoms with Crippen LogP contribution in [0.3, 0.4) is 0 Å². The summed E-state index contributed by atoms with van der Waals surface area (Å²) >= 11 is 0. The molecule has 1 fully saturated rings. The van der Waals surface area contributed by atoms with Gasteiger partial charge in [-0.15, -0.1) is 0 Å². The van der Waals surface area contributed by atoms with Gasteiger partial charge in [0.15, 0.2) is 0 Å². The second-order valence-electron chi connectivity index (χ2n) is 4.66. The summed E-state index contributed by atoms with van der Waals surface area (Å²) in [7, 11) is 0. The fourth-order valence-electron chi connectivity index (χ4n) is 2.03. The standard InChI is InChI=1S/C12H21NO4/c1-9(8-12(15)16)13-11(14)3-2-10-4-6-17-7-5-10/h9-10H,2-8H2,1H3,(H,13,14)(H,15,16). The molecule has 0 aromatic rings. The lowest BCUT2D eigenvalue weighted by Gasteiger charge is -2.21. The Labute approximate surface area is 102 Å². The second kappa shape index (κ2) is 7.27. The highest BCUT2D eigenvalue weighted by atomic mass is 16.5. The van der Waals surface area contributed by atoms with Crippen LogP contribution >= 0.6 is 0 Å². The first kappa shape index (κ1) is 14.0. The third-order valence-electron chi connectivity index (χ3n) is 3.01. The first-order valence-electron chi connectivity index (χ1n) is 6.17. The number of hydrogen-bond acceptors (Lipinski definition) is 3. The van der Waals surface area contributed by atoms with E-state index >= 15 is 0 Å². The molecule has 5 nitrogen and oxygen atoms in total. The first-order chi connectivity index (χ1) is 8.08. The number of amides is 1. The quantitative estimate of drug-likeness (QED) is 0.734. The van der Waals surface area contributed by atoms with Crippen LogP contribution in [0.4, 0.5) is 0 Å². The van der Waals surface area contributed by atoms with E-state index in [1.165, 1.54) is 0 Å². The predicted molar refractivity (Wildman–Crippen MR) is 62.6 cm³/mol. The zero-order chi connectivity index (χ0) is 12.7. The lowest BCUT2D eigenvalue weighted by molar-refractivity contribution is -0.137. The molecule has 0 radical (unpaired) electrons. The topological polar surface area (TPSA) is 75.6 Å². The highest BCUT2D eigenvalue weighted by Crippen LogP contribution is 2.19. The van der Waals surface area contributed by atoms with Gasteiger partial charge >= 0.3 is 5.97 Å². The van der Waals surface area contributed by atoms with Crippen molar-refractivity contribution in [1.82, 2.24) is 5.32 Å². The molecule has 1 atom stereocenters. The van der Waals surface area contributed by atoms with E-state index < -0.39 is 5.97 Å². The maximum absolute atomic E-state index is 11.5. The minimum atomic E-state index is -0.887. The van der Waals surface area contributed by atoms with Crippen molar-refractivity contribution < 1.29 is 19.4 Å². The normalized spacial score (nSPS) is 18.6. The van der Waals surface area contributed by atoms with Crippen LogP contribution in [0.5, 0.6) is 0 Å². The molecule has 0 saturated carbocycles. The van der Waals surface area contributed by atoms with E-state index in [1.54, 1.807) is 6.92 Å². The summed E-state index contributed by atoms with van der Waals surface area (Å²) < 4.78 is 5.25. The van der Waals surface area contributed by atoms with E-state index in [9.17, 15) is 9.59 Å². The van der Waals surface area contributed by atoms with E-state index in [4.69, 9.17) is 9.84 Å². The van der Waals surface area contributed by atoms with Gasteiger partial charge in [0, 0.05) is 25.7 Å². The monoisotopic (exact) mass is 243 g/mol. The fraction of sp³-hybridized carbons (Fsp3) is 0.833. The van der Waals surface area contributed by atoms with Gasteiger partial charge in [-0.25, -0.2) is 0 Å². The number of aliphatic carboxylic acids is 1. The van der Waals surface area contributed by atoms with Crippen LogP contribution in [-0.4, -0.2) is 36.2 Å². The van der Waals surface area contributed by atoms with Crippen LogP contribution < -0.4 is 5.32 Å². The molecule has 5 heteroatoms.